The van der Waals surface area contributed by atoms with Crippen LogP contribution in [-0.2, 0) is 6.54 Å². The van der Waals surface area contributed by atoms with E-state index in [9.17, 15) is 4.79 Å². The normalized spacial score (nSPS) is 22.1. The van der Waals surface area contributed by atoms with Gasteiger partial charge >= 0.3 is 0 Å². The number of likely N-dealkylation sites (N-methyl/N-ethyl adjacent to an activating group) is 1. The second kappa shape index (κ2) is 7.41. The molecule has 0 aliphatic carbocycles. The molecule has 2 saturated heterocycles. The number of benzene rings is 1. The van der Waals surface area contributed by atoms with Crippen LogP contribution >= 0.6 is 0 Å². The first-order chi connectivity index (χ1) is 12.2. The maximum Gasteiger partial charge on any atom is 0.160 e. The number of nitrogens with zero attached hydrogens (tertiary/aromatic N) is 3. The first-order valence-electron chi connectivity index (χ1n) is 9.96. The molecule has 0 atom stereocenters. The average molecular weight is 358 g/mol. The van der Waals surface area contributed by atoms with Gasteiger partial charge in [-0.05, 0) is 90.0 Å². The molecule has 144 valence electrons. The van der Waals surface area contributed by atoms with Crippen LogP contribution in [0.15, 0.2) is 6.07 Å². The molecule has 26 heavy (non-hydrogen) atoms. The lowest BCUT2D eigenvalue weighted by Crippen LogP contribution is -2.63. The van der Waals surface area contributed by atoms with Crippen molar-refractivity contribution in [2.24, 2.45) is 0 Å². The summed E-state index contributed by atoms with van der Waals surface area (Å²) in [6, 6.07) is 2.19. The van der Waals surface area contributed by atoms with Gasteiger partial charge in [0.2, 0.25) is 0 Å². The fourth-order valence-corrected chi connectivity index (χ4v) is 5.09. The number of hydrogen-bond acceptors (Lipinski definition) is 4. The van der Waals surface area contributed by atoms with Crippen molar-refractivity contribution in [3.63, 3.8) is 0 Å². The fraction of sp³-hybridized carbons (Fsp3) is 0.682. The summed E-state index contributed by atoms with van der Waals surface area (Å²) in [5.74, 6) is 0.186. The molecule has 3 rings (SSSR count). The highest BCUT2D eigenvalue weighted by molar-refractivity contribution is 5.97. The third kappa shape index (κ3) is 3.60. The van der Waals surface area contributed by atoms with Gasteiger partial charge in [0.05, 0.1) is 0 Å². The van der Waals surface area contributed by atoms with Gasteiger partial charge in [0, 0.05) is 37.3 Å². The van der Waals surface area contributed by atoms with Crippen LogP contribution in [0.1, 0.15) is 52.4 Å². The van der Waals surface area contributed by atoms with Crippen molar-refractivity contribution in [3.8, 4) is 0 Å². The summed E-state index contributed by atoms with van der Waals surface area (Å²) >= 11 is 0. The van der Waals surface area contributed by atoms with Crippen molar-refractivity contribution in [1.29, 1.82) is 0 Å². The van der Waals surface area contributed by atoms with Crippen LogP contribution in [0.2, 0.25) is 0 Å². The number of hydrogen-bond donors (Lipinski definition) is 0. The van der Waals surface area contributed by atoms with Crippen LogP contribution in [0.25, 0.3) is 0 Å². The summed E-state index contributed by atoms with van der Waals surface area (Å²) < 4.78 is 0. The largest absolute Gasteiger partial charge is 0.306 e. The van der Waals surface area contributed by atoms with E-state index in [1.54, 1.807) is 6.92 Å². The van der Waals surface area contributed by atoms with E-state index in [2.05, 4.69) is 55.6 Å². The lowest BCUT2D eigenvalue weighted by atomic mass is 9.83. The highest BCUT2D eigenvalue weighted by atomic mass is 16.1. The third-order valence-corrected chi connectivity index (χ3v) is 6.86. The molecule has 2 aliphatic heterocycles. The average Bonchev–Trinajstić information content (AvgIpc) is 2.57. The van der Waals surface area contributed by atoms with E-state index < -0.39 is 0 Å². The van der Waals surface area contributed by atoms with E-state index in [-0.39, 0.29) is 5.78 Å². The van der Waals surface area contributed by atoms with E-state index in [0.29, 0.717) is 5.54 Å². The van der Waals surface area contributed by atoms with E-state index in [1.807, 2.05) is 0 Å². The number of rotatable bonds is 3. The smallest absolute Gasteiger partial charge is 0.160 e. The van der Waals surface area contributed by atoms with Gasteiger partial charge in [-0.25, -0.2) is 0 Å². The molecule has 0 bridgehead atoms. The Morgan fingerprint density at radius 3 is 2.31 bits per heavy atom. The van der Waals surface area contributed by atoms with E-state index >= 15 is 0 Å². The van der Waals surface area contributed by atoms with Crippen LogP contribution in [0.5, 0.6) is 0 Å². The Kier molecular flexibility index (Phi) is 5.57. The molecule has 4 nitrogen and oxygen atoms in total. The van der Waals surface area contributed by atoms with Crippen LogP contribution in [0.3, 0.4) is 0 Å². The molecular formula is C22H35N3O. The SMILES string of the molecule is CC(=O)c1c(C)cc(C)c(CN2CCN(C)C3(CCN(C)CC3)C2)c1C. The number of carbonyl (C=O) groups is 1. The summed E-state index contributed by atoms with van der Waals surface area (Å²) in [5.41, 5.74) is 6.22. The van der Waals surface area contributed by atoms with Gasteiger partial charge in [-0.1, -0.05) is 6.07 Å². The van der Waals surface area contributed by atoms with Gasteiger partial charge in [-0.2, -0.15) is 0 Å². The highest BCUT2D eigenvalue weighted by Crippen LogP contribution is 2.33. The zero-order chi connectivity index (χ0) is 19.1. The topological polar surface area (TPSA) is 26.8 Å². The molecule has 0 unspecified atom stereocenters. The van der Waals surface area contributed by atoms with Crippen molar-refractivity contribution < 1.29 is 4.79 Å². The second-order valence-electron chi connectivity index (χ2n) is 8.70. The highest BCUT2D eigenvalue weighted by Gasteiger charge is 2.41. The quantitative estimate of drug-likeness (QED) is 0.777. The summed E-state index contributed by atoms with van der Waals surface area (Å²) in [6.45, 7) is 14.8. The predicted molar refractivity (Wildman–Crippen MR) is 108 cm³/mol. The Balaban J connectivity index is 1.83. The van der Waals surface area contributed by atoms with E-state index in [0.717, 1.165) is 37.3 Å². The molecule has 1 aromatic rings. The molecular weight excluding hydrogens is 322 g/mol. The maximum atomic E-state index is 12.1. The summed E-state index contributed by atoms with van der Waals surface area (Å²) in [5, 5.41) is 0. The minimum Gasteiger partial charge on any atom is -0.306 e. The molecule has 0 N–H and O–H groups in total. The lowest BCUT2D eigenvalue weighted by Gasteiger charge is -2.53. The molecule has 1 spiro atoms. The van der Waals surface area contributed by atoms with Crippen LogP contribution in [0.4, 0.5) is 0 Å². The van der Waals surface area contributed by atoms with Crippen molar-refractivity contribution >= 4 is 5.78 Å². The van der Waals surface area contributed by atoms with Gasteiger partial charge in [0.15, 0.2) is 5.78 Å². The van der Waals surface area contributed by atoms with Gasteiger partial charge in [-0.3, -0.25) is 14.6 Å². The fourth-order valence-electron chi connectivity index (χ4n) is 5.09. The Morgan fingerprint density at radius 2 is 1.69 bits per heavy atom. The zero-order valence-corrected chi connectivity index (χ0v) is 17.5. The monoisotopic (exact) mass is 357 g/mol. The van der Waals surface area contributed by atoms with Crippen molar-refractivity contribution in [2.75, 3.05) is 46.8 Å². The van der Waals surface area contributed by atoms with Crippen molar-refractivity contribution in [1.82, 2.24) is 14.7 Å². The molecule has 2 fully saturated rings. The number of carbonyl (C=O) groups excluding carboxylic acids is 1. The molecule has 0 amide bonds. The molecule has 0 saturated carbocycles. The number of Topliss-reactive ketones (excluding diaryl/α,β-unsaturated/α-hetero) is 1. The first-order valence-corrected chi connectivity index (χ1v) is 9.96. The molecule has 0 aromatic heterocycles. The summed E-state index contributed by atoms with van der Waals surface area (Å²) in [7, 11) is 4.54. The minimum absolute atomic E-state index is 0.186. The lowest BCUT2D eigenvalue weighted by molar-refractivity contribution is -0.0258. The zero-order valence-electron chi connectivity index (χ0n) is 17.5. The molecule has 2 heterocycles. The van der Waals surface area contributed by atoms with E-state index in [4.69, 9.17) is 0 Å². The maximum absolute atomic E-state index is 12.1. The van der Waals surface area contributed by atoms with Crippen LogP contribution in [0, 0.1) is 20.8 Å². The minimum atomic E-state index is 0.186. The molecule has 1 aromatic carbocycles. The summed E-state index contributed by atoms with van der Waals surface area (Å²) in [6.07, 6.45) is 2.50. The number of likely N-dealkylation sites (tertiary alicyclic amines) is 1. The first kappa shape index (κ1) is 19.5. The van der Waals surface area contributed by atoms with Crippen LogP contribution in [-0.4, -0.2) is 72.8 Å². The Labute approximate surface area is 159 Å². The molecule has 4 heteroatoms. The van der Waals surface area contributed by atoms with Crippen molar-refractivity contribution in [2.45, 2.75) is 52.6 Å². The predicted octanol–water partition coefficient (Wildman–Crippen LogP) is 3.03. The number of aryl methyl sites for hydroxylation is 2. The van der Waals surface area contributed by atoms with Gasteiger partial charge < -0.3 is 4.90 Å². The molecule has 0 radical (unpaired) electrons. The Morgan fingerprint density at radius 1 is 1.04 bits per heavy atom. The third-order valence-electron chi connectivity index (χ3n) is 6.86. The Bertz CT molecular complexity index is 689. The van der Waals surface area contributed by atoms with E-state index in [1.165, 1.54) is 42.6 Å². The standard InChI is InChI=1S/C22H35N3O/c1-16-13-17(2)21(19(4)26)18(3)20(16)14-25-12-11-24(6)22(15-25)7-9-23(5)10-8-22/h13H,7-12,14-15H2,1-6H3. The Hall–Kier alpha value is -1.23. The van der Waals surface area contributed by atoms with Crippen molar-refractivity contribution in [3.05, 3.63) is 33.9 Å². The summed E-state index contributed by atoms with van der Waals surface area (Å²) in [4.78, 5) is 19.8. The number of piperazine rings is 1. The molecule has 2 aliphatic rings. The van der Waals surface area contributed by atoms with Gasteiger partial charge in [0.1, 0.15) is 0 Å². The number of ketones is 1. The van der Waals surface area contributed by atoms with Crippen LogP contribution < -0.4 is 0 Å². The second-order valence-corrected chi connectivity index (χ2v) is 8.70. The number of piperidine rings is 1. The van der Waals surface area contributed by atoms with Gasteiger partial charge in [-0.15, -0.1) is 0 Å². The van der Waals surface area contributed by atoms with Gasteiger partial charge in [0.25, 0.3) is 0 Å².